The van der Waals surface area contributed by atoms with E-state index in [1.54, 1.807) is 0 Å². The molecule has 2 nitrogen and oxygen atoms in total. The summed E-state index contributed by atoms with van der Waals surface area (Å²) in [5.74, 6) is 0.731. The standard InChI is InChI=1S/C16H25NO/c1-3-17-11-10-16(2,18)15-9-5-8-14(12-15)13-6-4-7-13/h5,8-9,12-13,17-18H,3-4,6-7,10-11H2,1-2H3. The van der Waals surface area contributed by atoms with E-state index in [4.69, 9.17) is 0 Å². The molecule has 1 unspecified atom stereocenters. The molecule has 1 aromatic carbocycles. The molecule has 2 rings (SSSR count). The second kappa shape index (κ2) is 5.85. The summed E-state index contributed by atoms with van der Waals surface area (Å²) in [6.07, 6.45) is 4.73. The van der Waals surface area contributed by atoms with Gasteiger partial charge in [-0.15, -0.1) is 0 Å². The molecular formula is C16H25NO. The van der Waals surface area contributed by atoms with E-state index in [2.05, 4.69) is 30.4 Å². The molecular weight excluding hydrogens is 222 g/mol. The molecule has 1 fully saturated rings. The van der Waals surface area contributed by atoms with Crippen LogP contribution in [-0.4, -0.2) is 18.2 Å². The smallest absolute Gasteiger partial charge is 0.0880 e. The predicted octanol–water partition coefficient (Wildman–Crippen LogP) is 3.16. The van der Waals surface area contributed by atoms with E-state index in [-0.39, 0.29) is 0 Å². The minimum absolute atomic E-state index is 0.720. The summed E-state index contributed by atoms with van der Waals surface area (Å²) >= 11 is 0. The van der Waals surface area contributed by atoms with Crippen LogP contribution in [0.3, 0.4) is 0 Å². The molecule has 1 aliphatic rings. The van der Waals surface area contributed by atoms with E-state index in [0.717, 1.165) is 31.0 Å². The number of aliphatic hydroxyl groups is 1. The van der Waals surface area contributed by atoms with Gasteiger partial charge in [-0.1, -0.05) is 37.6 Å². The summed E-state index contributed by atoms with van der Waals surface area (Å²) in [6, 6.07) is 8.54. The Hall–Kier alpha value is -0.860. The molecule has 0 saturated heterocycles. The SMILES string of the molecule is CCNCCC(C)(O)c1cccc(C2CCC2)c1. The first kappa shape index (κ1) is 13.6. The van der Waals surface area contributed by atoms with Crippen LogP contribution in [0.5, 0.6) is 0 Å². The predicted molar refractivity (Wildman–Crippen MR) is 75.8 cm³/mol. The van der Waals surface area contributed by atoms with Crippen molar-refractivity contribution in [1.29, 1.82) is 0 Å². The molecule has 0 spiro atoms. The first-order valence-electron chi connectivity index (χ1n) is 7.17. The Morgan fingerprint density at radius 1 is 1.39 bits per heavy atom. The molecule has 1 saturated carbocycles. The normalized spacial score (nSPS) is 19.3. The van der Waals surface area contributed by atoms with Crippen LogP contribution in [-0.2, 0) is 5.60 Å². The van der Waals surface area contributed by atoms with E-state index < -0.39 is 5.60 Å². The number of nitrogens with one attached hydrogen (secondary N) is 1. The number of rotatable bonds is 6. The fourth-order valence-electron chi connectivity index (χ4n) is 2.52. The molecule has 0 radical (unpaired) electrons. The maximum absolute atomic E-state index is 10.6. The fraction of sp³-hybridized carbons (Fsp3) is 0.625. The van der Waals surface area contributed by atoms with Crippen LogP contribution in [0.4, 0.5) is 0 Å². The van der Waals surface area contributed by atoms with Gasteiger partial charge >= 0.3 is 0 Å². The third-order valence-electron chi connectivity index (χ3n) is 4.12. The Kier molecular flexibility index (Phi) is 4.41. The van der Waals surface area contributed by atoms with Crippen LogP contribution in [0.2, 0.25) is 0 Å². The lowest BCUT2D eigenvalue weighted by Crippen LogP contribution is -2.28. The number of hydrogen-bond donors (Lipinski definition) is 2. The Morgan fingerprint density at radius 2 is 2.17 bits per heavy atom. The minimum atomic E-state index is -0.720. The van der Waals surface area contributed by atoms with Crippen LogP contribution >= 0.6 is 0 Å². The van der Waals surface area contributed by atoms with Gasteiger partial charge in [0.2, 0.25) is 0 Å². The van der Waals surface area contributed by atoms with Gasteiger partial charge in [0.25, 0.3) is 0 Å². The van der Waals surface area contributed by atoms with Crippen molar-refractivity contribution in [2.24, 2.45) is 0 Å². The summed E-state index contributed by atoms with van der Waals surface area (Å²) in [5, 5.41) is 13.8. The first-order valence-corrected chi connectivity index (χ1v) is 7.17. The summed E-state index contributed by atoms with van der Waals surface area (Å²) in [5.41, 5.74) is 1.74. The van der Waals surface area contributed by atoms with Gasteiger partial charge in [-0.05, 0) is 56.3 Å². The highest BCUT2D eigenvalue weighted by Gasteiger charge is 2.25. The molecule has 0 aromatic heterocycles. The highest BCUT2D eigenvalue weighted by atomic mass is 16.3. The van der Waals surface area contributed by atoms with E-state index in [1.807, 2.05) is 13.0 Å². The molecule has 100 valence electrons. The van der Waals surface area contributed by atoms with E-state index >= 15 is 0 Å². The summed E-state index contributed by atoms with van der Waals surface area (Å²) in [4.78, 5) is 0. The molecule has 1 aliphatic carbocycles. The average Bonchev–Trinajstić information content (AvgIpc) is 2.27. The highest BCUT2D eigenvalue weighted by molar-refractivity contribution is 5.31. The van der Waals surface area contributed by atoms with Gasteiger partial charge in [-0.25, -0.2) is 0 Å². The van der Waals surface area contributed by atoms with Crippen molar-refractivity contribution in [2.45, 2.75) is 51.0 Å². The number of benzene rings is 1. The topological polar surface area (TPSA) is 32.3 Å². The van der Waals surface area contributed by atoms with Crippen molar-refractivity contribution < 1.29 is 5.11 Å². The minimum Gasteiger partial charge on any atom is -0.385 e. The first-order chi connectivity index (χ1) is 8.63. The van der Waals surface area contributed by atoms with Crippen LogP contribution in [0.1, 0.15) is 56.6 Å². The van der Waals surface area contributed by atoms with Crippen molar-refractivity contribution in [3.63, 3.8) is 0 Å². The molecule has 1 atom stereocenters. The lowest BCUT2D eigenvalue weighted by molar-refractivity contribution is 0.0480. The van der Waals surface area contributed by atoms with Crippen molar-refractivity contribution >= 4 is 0 Å². The van der Waals surface area contributed by atoms with Crippen LogP contribution in [0, 0.1) is 0 Å². The molecule has 0 heterocycles. The molecule has 0 bridgehead atoms. The zero-order chi connectivity index (χ0) is 13.0. The Morgan fingerprint density at radius 3 is 2.78 bits per heavy atom. The van der Waals surface area contributed by atoms with Gasteiger partial charge in [-0.2, -0.15) is 0 Å². The summed E-state index contributed by atoms with van der Waals surface area (Å²) < 4.78 is 0. The van der Waals surface area contributed by atoms with Crippen molar-refractivity contribution in [3.8, 4) is 0 Å². The Balaban J connectivity index is 2.06. The lowest BCUT2D eigenvalue weighted by Gasteiger charge is -2.29. The third-order valence-corrected chi connectivity index (χ3v) is 4.12. The van der Waals surface area contributed by atoms with Gasteiger partial charge < -0.3 is 10.4 Å². The molecule has 1 aromatic rings. The van der Waals surface area contributed by atoms with Gasteiger partial charge in [0, 0.05) is 0 Å². The Labute approximate surface area is 110 Å². The quantitative estimate of drug-likeness (QED) is 0.757. The Bertz CT molecular complexity index is 382. The molecule has 0 amide bonds. The zero-order valence-electron chi connectivity index (χ0n) is 11.6. The molecule has 2 N–H and O–H groups in total. The zero-order valence-corrected chi connectivity index (χ0v) is 11.6. The highest BCUT2D eigenvalue weighted by Crippen LogP contribution is 2.37. The van der Waals surface area contributed by atoms with Crippen LogP contribution in [0.25, 0.3) is 0 Å². The monoisotopic (exact) mass is 247 g/mol. The third kappa shape index (κ3) is 3.12. The van der Waals surface area contributed by atoms with Gasteiger partial charge in [0.05, 0.1) is 5.60 Å². The van der Waals surface area contributed by atoms with Gasteiger partial charge in [0.15, 0.2) is 0 Å². The summed E-state index contributed by atoms with van der Waals surface area (Å²) in [7, 11) is 0. The average molecular weight is 247 g/mol. The molecule has 2 heteroatoms. The van der Waals surface area contributed by atoms with Crippen LogP contribution in [0.15, 0.2) is 24.3 Å². The second-order valence-electron chi connectivity index (χ2n) is 5.63. The lowest BCUT2D eigenvalue weighted by atomic mass is 9.78. The molecule has 0 aliphatic heterocycles. The maximum Gasteiger partial charge on any atom is 0.0880 e. The fourth-order valence-corrected chi connectivity index (χ4v) is 2.52. The second-order valence-corrected chi connectivity index (χ2v) is 5.63. The number of hydrogen-bond acceptors (Lipinski definition) is 2. The van der Waals surface area contributed by atoms with Crippen LogP contribution < -0.4 is 5.32 Å². The summed E-state index contributed by atoms with van der Waals surface area (Å²) in [6.45, 7) is 5.82. The molecule has 18 heavy (non-hydrogen) atoms. The van der Waals surface area contributed by atoms with Crippen molar-refractivity contribution in [1.82, 2.24) is 5.32 Å². The van der Waals surface area contributed by atoms with Crippen molar-refractivity contribution in [2.75, 3.05) is 13.1 Å². The largest absolute Gasteiger partial charge is 0.385 e. The van der Waals surface area contributed by atoms with E-state index in [1.165, 1.54) is 24.8 Å². The van der Waals surface area contributed by atoms with Crippen molar-refractivity contribution in [3.05, 3.63) is 35.4 Å². The maximum atomic E-state index is 10.6. The van der Waals surface area contributed by atoms with E-state index in [9.17, 15) is 5.11 Å². The van der Waals surface area contributed by atoms with E-state index in [0.29, 0.717) is 0 Å². The van der Waals surface area contributed by atoms with Gasteiger partial charge in [-0.3, -0.25) is 0 Å². The van der Waals surface area contributed by atoms with Gasteiger partial charge in [0.1, 0.15) is 0 Å².